The summed E-state index contributed by atoms with van der Waals surface area (Å²) in [6.07, 6.45) is 10.8. The molecule has 1 aliphatic carbocycles. The molecule has 0 radical (unpaired) electrons. The van der Waals surface area contributed by atoms with Gasteiger partial charge in [-0.15, -0.1) is 0 Å². The highest BCUT2D eigenvalue weighted by Crippen LogP contribution is 2.34. The van der Waals surface area contributed by atoms with Crippen LogP contribution in [0.2, 0.25) is 0 Å². The fourth-order valence-electron chi connectivity index (χ4n) is 4.03. The molecule has 3 nitrogen and oxygen atoms in total. The maximum absolute atomic E-state index is 6.14. The van der Waals surface area contributed by atoms with Gasteiger partial charge in [-0.2, -0.15) is 0 Å². The monoisotopic (exact) mass is 267 g/mol. The number of likely N-dealkylation sites (tertiary alicyclic amines) is 1. The zero-order valence-corrected chi connectivity index (χ0v) is 12.9. The van der Waals surface area contributed by atoms with E-state index in [9.17, 15) is 0 Å². The van der Waals surface area contributed by atoms with Crippen molar-refractivity contribution in [3.8, 4) is 0 Å². The summed E-state index contributed by atoms with van der Waals surface area (Å²) in [5, 5.41) is 0. The van der Waals surface area contributed by atoms with E-state index in [0.717, 1.165) is 6.54 Å². The smallest absolute Gasteiger partial charge is 0.0331 e. The van der Waals surface area contributed by atoms with Crippen LogP contribution in [0, 0.1) is 0 Å². The molecule has 0 atom stereocenters. The van der Waals surface area contributed by atoms with Gasteiger partial charge in [0.1, 0.15) is 0 Å². The minimum atomic E-state index is 0.348. The molecule has 1 heterocycles. The van der Waals surface area contributed by atoms with E-state index in [0.29, 0.717) is 5.54 Å². The summed E-state index contributed by atoms with van der Waals surface area (Å²) in [6, 6.07) is 0. The molecule has 0 spiro atoms. The molecule has 0 amide bonds. The molecule has 1 aliphatic heterocycles. The molecule has 1 saturated carbocycles. The lowest BCUT2D eigenvalue weighted by molar-refractivity contribution is 0.0934. The van der Waals surface area contributed by atoms with Gasteiger partial charge in [-0.25, -0.2) is 0 Å². The minimum absolute atomic E-state index is 0.348. The van der Waals surface area contributed by atoms with Crippen molar-refractivity contribution in [3.63, 3.8) is 0 Å². The van der Waals surface area contributed by atoms with Crippen molar-refractivity contribution in [2.75, 3.05) is 39.3 Å². The molecule has 2 fully saturated rings. The van der Waals surface area contributed by atoms with E-state index in [1.807, 2.05) is 0 Å². The van der Waals surface area contributed by atoms with Gasteiger partial charge < -0.3 is 10.6 Å². The summed E-state index contributed by atoms with van der Waals surface area (Å²) >= 11 is 0. The van der Waals surface area contributed by atoms with Gasteiger partial charge in [0.05, 0.1) is 0 Å². The van der Waals surface area contributed by atoms with Crippen molar-refractivity contribution in [2.24, 2.45) is 5.73 Å². The third-order valence-corrected chi connectivity index (χ3v) is 5.18. The molecule has 0 aromatic rings. The largest absolute Gasteiger partial charge is 0.329 e. The van der Waals surface area contributed by atoms with E-state index >= 15 is 0 Å². The lowest BCUT2D eigenvalue weighted by Gasteiger charge is -2.41. The second kappa shape index (κ2) is 7.61. The molecular formula is C16H33N3. The second-order valence-electron chi connectivity index (χ2n) is 6.52. The summed E-state index contributed by atoms with van der Waals surface area (Å²) in [7, 11) is 0. The van der Waals surface area contributed by atoms with Crippen LogP contribution in [-0.4, -0.2) is 54.6 Å². The van der Waals surface area contributed by atoms with E-state index in [-0.39, 0.29) is 0 Å². The number of hydrogen-bond acceptors (Lipinski definition) is 3. The first-order valence-electron chi connectivity index (χ1n) is 8.48. The van der Waals surface area contributed by atoms with Crippen LogP contribution in [0.3, 0.4) is 0 Å². The normalized spacial score (nSPS) is 23.5. The number of nitrogens with two attached hydrogens (primary N) is 1. The third-order valence-electron chi connectivity index (χ3n) is 5.18. The van der Waals surface area contributed by atoms with Crippen LogP contribution in [0.15, 0.2) is 0 Å². The van der Waals surface area contributed by atoms with E-state index in [2.05, 4.69) is 16.7 Å². The minimum Gasteiger partial charge on any atom is -0.329 e. The Labute approximate surface area is 119 Å². The van der Waals surface area contributed by atoms with Crippen molar-refractivity contribution in [1.82, 2.24) is 9.80 Å². The standard InChI is InChI=1S/C16H33N3/c1-2-10-19(16(15-17)8-3-4-9-16)14-7-13-18-11-5-6-12-18/h2-15,17H2,1H3. The molecule has 112 valence electrons. The Kier molecular flexibility index (Phi) is 6.11. The summed E-state index contributed by atoms with van der Waals surface area (Å²) < 4.78 is 0. The quantitative estimate of drug-likeness (QED) is 0.733. The average molecular weight is 267 g/mol. The van der Waals surface area contributed by atoms with Gasteiger partial charge in [0, 0.05) is 12.1 Å². The van der Waals surface area contributed by atoms with E-state index < -0.39 is 0 Å². The Morgan fingerprint density at radius 3 is 2.32 bits per heavy atom. The van der Waals surface area contributed by atoms with Crippen LogP contribution < -0.4 is 5.73 Å². The molecule has 0 unspecified atom stereocenters. The zero-order chi connectivity index (χ0) is 13.6. The molecule has 0 aromatic heterocycles. The SMILES string of the molecule is CCCN(CCCN1CCCC1)C1(CN)CCCC1. The van der Waals surface area contributed by atoms with Gasteiger partial charge >= 0.3 is 0 Å². The summed E-state index contributed by atoms with van der Waals surface area (Å²) in [6.45, 7) is 9.59. The molecule has 2 N–H and O–H groups in total. The molecule has 0 bridgehead atoms. The fourth-order valence-corrected chi connectivity index (χ4v) is 4.03. The van der Waals surface area contributed by atoms with Gasteiger partial charge in [0.2, 0.25) is 0 Å². The third kappa shape index (κ3) is 3.93. The first-order valence-corrected chi connectivity index (χ1v) is 8.48. The van der Waals surface area contributed by atoms with E-state index in [1.165, 1.54) is 84.1 Å². The second-order valence-corrected chi connectivity index (χ2v) is 6.52. The Hall–Kier alpha value is -0.120. The molecule has 3 heteroatoms. The van der Waals surface area contributed by atoms with Gasteiger partial charge in [-0.1, -0.05) is 19.8 Å². The van der Waals surface area contributed by atoms with Crippen LogP contribution >= 0.6 is 0 Å². The van der Waals surface area contributed by atoms with E-state index in [1.54, 1.807) is 0 Å². The predicted molar refractivity (Wildman–Crippen MR) is 82.4 cm³/mol. The Bertz CT molecular complexity index is 242. The van der Waals surface area contributed by atoms with Crippen molar-refractivity contribution >= 4 is 0 Å². The molecule has 1 saturated heterocycles. The Balaban J connectivity index is 1.80. The van der Waals surface area contributed by atoms with Crippen molar-refractivity contribution < 1.29 is 0 Å². The summed E-state index contributed by atoms with van der Waals surface area (Å²) in [5.41, 5.74) is 6.49. The van der Waals surface area contributed by atoms with Crippen LogP contribution in [0.4, 0.5) is 0 Å². The van der Waals surface area contributed by atoms with Crippen LogP contribution in [0.1, 0.15) is 58.3 Å². The topological polar surface area (TPSA) is 32.5 Å². The van der Waals surface area contributed by atoms with Crippen molar-refractivity contribution in [3.05, 3.63) is 0 Å². The zero-order valence-electron chi connectivity index (χ0n) is 12.9. The fraction of sp³-hybridized carbons (Fsp3) is 1.00. The van der Waals surface area contributed by atoms with Gasteiger partial charge in [-0.3, -0.25) is 4.90 Å². The first-order chi connectivity index (χ1) is 9.30. The maximum atomic E-state index is 6.14. The highest BCUT2D eigenvalue weighted by atomic mass is 15.2. The van der Waals surface area contributed by atoms with Gasteiger partial charge in [0.25, 0.3) is 0 Å². The van der Waals surface area contributed by atoms with Crippen LogP contribution in [0.5, 0.6) is 0 Å². The lowest BCUT2D eigenvalue weighted by Crippen LogP contribution is -2.53. The van der Waals surface area contributed by atoms with Gasteiger partial charge in [-0.05, 0) is 71.2 Å². The Morgan fingerprint density at radius 2 is 1.74 bits per heavy atom. The van der Waals surface area contributed by atoms with Crippen LogP contribution in [0.25, 0.3) is 0 Å². The number of hydrogen-bond donors (Lipinski definition) is 1. The molecular weight excluding hydrogens is 234 g/mol. The molecule has 19 heavy (non-hydrogen) atoms. The van der Waals surface area contributed by atoms with Gasteiger partial charge in [0.15, 0.2) is 0 Å². The molecule has 2 aliphatic rings. The summed E-state index contributed by atoms with van der Waals surface area (Å²) in [5.74, 6) is 0. The van der Waals surface area contributed by atoms with Crippen molar-refractivity contribution in [2.45, 2.75) is 63.8 Å². The van der Waals surface area contributed by atoms with Crippen LogP contribution in [-0.2, 0) is 0 Å². The first kappa shape index (κ1) is 15.3. The summed E-state index contributed by atoms with van der Waals surface area (Å²) in [4.78, 5) is 5.37. The number of nitrogens with zero attached hydrogens (tertiary/aromatic N) is 2. The highest BCUT2D eigenvalue weighted by molar-refractivity contribution is 4.95. The van der Waals surface area contributed by atoms with Crippen molar-refractivity contribution in [1.29, 1.82) is 0 Å². The maximum Gasteiger partial charge on any atom is 0.0331 e. The number of rotatable bonds is 8. The molecule has 0 aromatic carbocycles. The Morgan fingerprint density at radius 1 is 1.05 bits per heavy atom. The van der Waals surface area contributed by atoms with E-state index in [4.69, 9.17) is 5.73 Å². The molecule has 2 rings (SSSR count). The lowest BCUT2D eigenvalue weighted by atomic mass is 9.94. The average Bonchev–Trinajstić information content (AvgIpc) is 3.10. The highest BCUT2D eigenvalue weighted by Gasteiger charge is 2.37. The predicted octanol–water partition coefficient (Wildman–Crippen LogP) is 2.46.